The van der Waals surface area contributed by atoms with Crippen LogP contribution in [0.25, 0.3) is 11.1 Å². The fourth-order valence-corrected chi connectivity index (χ4v) is 3.55. The van der Waals surface area contributed by atoms with Gasteiger partial charge in [0.25, 0.3) is 0 Å². The number of anilines is 2. The molecule has 0 saturated heterocycles. The highest BCUT2D eigenvalue weighted by Crippen LogP contribution is 2.44. The number of hydrogen-bond donors (Lipinski definition) is 1. The number of ether oxygens (including phenoxy) is 4. The molecule has 0 bridgehead atoms. The number of aromatic nitrogens is 1. The van der Waals surface area contributed by atoms with Crippen LogP contribution in [0.1, 0.15) is 5.56 Å². The third-order valence-corrected chi connectivity index (χ3v) is 5.13. The van der Waals surface area contributed by atoms with Crippen molar-refractivity contribution >= 4 is 11.5 Å². The third-order valence-electron chi connectivity index (χ3n) is 5.13. The van der Waals surface area contributed by atoms with E-state index in [2.05, 4.69) is 10.3 Å². The Labute approximate surface area is 193 Å². The number of rotatable bonds is 9. The van der Waals surface area contributed by atoms with Gasteiger partial charge in [-0.3, -0.25) is 0 Å². The van der Waals surface area contributed by atoms with E-state index in [9.17, 15) is 0 Å². The zero-order valence-corrected chi connectivity index (χ0v) is 18.9. The first kappa shape index (κ1) is 22.0. The van der Waals surface area contributed by atoms with Crippen molar-refractivity contribution in [2.24, 2.45) is 0 Å². The molecule has 33 heavy (non-hydrogen) atoms. The zero-order valence-electron chi connectivity index (χ0n) is 18.9. The van der Waals surface area contributed by atoms with Gasteiger partial charge in [-0.15, -0.1) is 0 Å². The van der Waals surface area contributed by atoms with Crippen molar-refractivity contribution in [1.82, 2.24) is 4.98 Å². The summed E-state index contributed by atoms with van der Waals surface area (Å²) in [5.74, 6) is 3.24. The van der Waals surface area contributed by atoms with Crippen LogP contribution >= 0.6 is 0 Å². The van der Waals surface area contributed by atoms with Gasteiger partial charge in [0.15, 0.2) is 11.5 Å². The van der Waals surface area contributed by atoms with Crippen LogP contribution in [-0.4, -0.2) is 26.3 Å². The Balaban J connectivity index is 1.55. The van der Waals surface area contributed by atoms with Gasteiger partial charge in [-0.1, -0.05) is 36.4 Å². The molecule has 0 spiro atoms. The third kappa shape index (κ3) is 5.18. The van der Waals surface area contributed by atoms with E-state index in [1.807, 2.05) is 78.9 Å². The molecule has 0 aliphatic heterocycles. The molecule has 0 saturated carbocycles. The first-order chi connectivity index (χ1) is 16.2. The largest absolute Gasteiger partial charge is 0.493 e. The Kier molecular flexibility index (Phi) is 6.95. The van der Waals surface area contributed by atoms with Gasteiger partial charge in [0.05, 0.1) is 21.3 Å². The molecule has 4 rings (SSSR count). The maximum absolute atomic E-state index is 5.94. The molecule has 1 N–H and O–H groups in total. The molecule has 6 heteroatoms. The highest BCUT2D eigenvalue weighted by atomic mass is 16.5. The first-order valence-corrected chi connectivity index (χ1v) is 10.5. The van der Waals surface area contributed by atoms with Crippen molar-refractivity contribution in [3.05, 3.63) is 90.6 Å². The van der Waals surface area contributed by atoms with E-state index >= 15 is 0 Å². The summed E-state index contributed by atoms with van der Waals surface area (Å²) in [7, 11) is 4.81. The summed E-state index contributed by atoms with van der Waals surface area (Å²) < 4.78 is 22.5. The van der Waals surface area contributed by atoms with Crippen LogP contribution in [0.5, 0.6) is 23.0 Å². The normalized spacial score (nSPS) is 10.4. The lowest BCUT2D eigenvalue weighted by Gasteiger charge is -2.16. The number of methoxy groups -OCH3 is 3. The molecular weight excluding hydrogens is 416 g/mol. The monoisotopic (exact) mass is 442 g/mol. The van der Waals surface area contributed by atoms with Crippen LogP contribution < -0.4 is 24.3 Å². The first-order valence-electron chi connectivity index (χ1n) is 10.5. The van der Waals surface area contributed by atoms with Crippen LogP contribution in [0, 0.1) is 0 Å². The molecule has 1 heterocycles. The van der Waals surface area contributed by atoms with Gasteiger partial charge in [-0.05, 0) is 47.5 Å². The molecule has 0 aliphatic rings. The molecule has 0 radical (unpaired) electrons. The van der Waals surface area contributed by atoms with Crippen molar-refractivity contribution in [1.29, 1.82) is 0 Å². The number of benzene rings is 3. The fraction of sp³-hybridized carbons (Fsp3) is 0.148. The Morgan fingerprint density at radius 1 is 0.758 bits per heavy atom. The number of nitrogens with zero attached hydrogens (tertiary/aromatic N) is 1. The summed E-state index contributed by atoms with van der Waals surface area (Å²) in [6.07, 6.45) is 1.75. The van der Waals surface area contributed by atoms with Gasteiger partial charge >= 0.3 is 0 Å². The molecule has 6 nitrogen and oxygen atoms in total. The molecule has 0 amide bonds. The summed E-state index contributed by atoms with van der Waals surface area (Å²) in [6, 6.07) is 25.6. The summed E-state index contributed by atoms with van der Waals surface area (Å²) in [4.78, 5) is 4.47. The minimum Gasteiger partial charge on any atom is -0.493 e. The molecule has 4 aromatic rings. The molecule has 0 aliphatic carbocycles. The maximum atomic E-state index is 5.94. The lowest BCUT2D eigenvalue weighted by molar-refractivity contribution is 0.306. The van der Waals surface area contributed by atoms with Gasteiger partial charge in [-0.2, -0.15) is 0 Å². The van der Waals surface area contributed by atoms with Crippen molar-refractivity contribution in [2.75, 3.05) is 26.6 Å². The molecule has 0 fully saturated rings. The summed E-state index contributed by atoms with van der Waals surface area (Å²) in [5.41, 5.74) is 3.81. The van der Waals surface area contributed by atoms with Crippen molar-refractivity contribution in [3.8, 4) is 34.1 Å². The van der Waals surface area contributed by atoms with E-state index in [4.69, 9.17) is 18.9 Å². The predicted molar refractivity (Wildman–Crippen MR) is 130 cm³/mol. The summed E-state index contributed by atoms with van der Waals surface area (Å²) in [6.45, 7) is 0.511. The van der Waals surface area contributed by atoms with Gasteiger partial charge in [0.2, 0.25) is 5.75 Å². The highest BCUT2D eigenvalue weighted by Gasteiger charge is 2.17. The molecule has 168 valence electrons. The average molecular weight is 443 g/mol. The van der Waals surface area contributed by atoms with Crippen LogP contribution in [0.15, 0.2) is 85.1 Å². The smallest absolute Gasteiger partial charge is 0.203 e. The maximum Gasteiger partial charge on any atom is 0.203 e. The van der Waals surface area contributed by atoms with E-state index < -0.39 is 0 Å². The van der Waals surface area contributed by atoms with Crippen molar-refractivity contribution in [3.63, 3.8) is 0 Å². The van der Waals surface area contributed by atoms with Gasteiger partial charge in [-0.25, -0.2) is 4.98 Å². The lowest BCUT2D eigenvalue weighted by Crippen LogP contribution is -1.98. The Bertz CT molecular complexity index is 1210. The summed E-state index contributed by atoms with van der Waals surface area (Å²) in [5, 5.41) is 3.35. The molecule has 0 atom stereocenters. The quantitative estimate of drug-likeness (QED) is 0.338. The Morgan fingerprint density at radius 2 is 1.58 bits per heavy atom. The number of pyridine rings is 1. The fourth-order valence-electron chi connectivity index (χ4n) is 3.55. The van der Waals surface area contributed by atoms with E-state index in [0.29, 0.717) is 29.7 Å². The van der Waals surface area contributed by atoms with Crippen LogP contribution in [0.2, 0.25) is 0 Å². The number of nitrogens with one attached hydrogen (secondary N) is 1. The highest BCUT2D eigenvalue weighted by molar-refractivity contribution is 5.78. The predicted octanol–water partition coefficient (Wildman–Crippen LogP) is 6.10. The van der Waals surface area contributed by atoms with E-state index in [1.165, 1.54) is 0 Å². The van der Waals surface area contributed by atoms with Gasteiger partial charge in [0, 0.05) is 23.5 Å². The minimum atomic E-state index is 0.511. The Hall–Kier alpha value is -4.19. The second-order valence-corrected chi connectivity index (χ2v) is 7.24. The minimum absolute atomic E-state index is 0.511. The van der Waals surface area contributed by atoms with Crippen molar-refractivity contribution < 1.29 is 18.9 Å². The zero-order chi connectivity index (χ0) is 23.0. The van der Waals surface area contributed by atoms with Gasteiger partial charge < -0.3 is 24.3 Å². The summed E-state index contributed by atoms with van der Waals surface area (Å²) >= 11 is 0. The molecule has 1 aromatic heterocycles. The van der Waals surface area contributed by atoms with E-state index in [0.717, 1.165) is 28.1 Å². The van der Waals surface area contributed by atoms with E-state index in [-0.39, 0.29) is 0 Å². The molecule has 0 unspecified atom stereocenters. The lowest BCUT2D eigenvalue weighted by atomic mass is 10.0. The topological polar surface area (TPSA) is 61.8 Å². The van der Waals surface area contributed by atoms with Gasteiger partial charge in [0.1, 0.15) is 18.2 Å². The van der Waals surface area contributed by atoms with Crippen LogP contribution in [0.4, 0.5) is 11.5 Å². The standard InChI is InChI=1S/C27H26N2O4/c1-30-24-13-12-23(26(31-2)27(24)32-3)20-14-15-28-25(16-20)29-21-10-7-11-22(17-21)33-18-19-8-5-4-6-9-19/h4-17H,18H2,1-3H3,(H,28,29). The molecule has 3 aromatic carbocycles. The molecular formula is C27H26N2O4. The van der Waals surface area contributed by atoms with Crippen molar-refractivity contribution in [2.45, 2.75) is 6.61 Å². The second-order valence-electron chi connectivity index (χ2n) is 7.24. The van der Waals surface area contributed by atoms with Crippen LogP contribution in [-0.2, 0) is 6.61 Å². The second kappa shape index (κ2) is 10.4. The average Bonchev–Trinajstić information content (AvgIpc) is 2.87. The van der Waals surface area contributed by atoms with E-state index in [1.54, 1.807) is 27.5 Å². The SMILES string of the molecule is COc1ccc(-c2ccnc(Nc3cccc(OCc4ccccc4)c3)c2)c(OC)c1OC. The van der Waals surface area contributed by atoms with Crippen LogP contribution in [0.3, 0.4) is 0 Å². The Morgan fingerprint density at radius 3 is 2.33 bits per heavy atom. The number of hydrogen-bond acceptors (Lipinski definition) is 6.